The van der Waals surface area contributed by atoms with Crippen molar-refractivity contribution >= 4 is 28.3 Å². The minimum Gasteiger partial charge on any atom is -0.302 e. The van der Waals surface area contributed by atoms with E-state index in [1.54, 1.807) is 0 Å². The first-order valence-corrected chi connectivity index (χ1v) is 8.33. The van der Waals surface area contributed by atoms with Gasteiger partial charge < -0.3 is 4.90 Å². The van der Waals surface area contributed by atoms with Crippen molar-refractivity contribution in [2.45, 2.75) is 31.6 Å². The topological polar surface area (TPSA) is 16.1 Å². The number of hydrogen-bond acceptors (Lipinski definition) is 3. The van der Waals surface area contributed by atoms with Crippen molar-refractivity contribution in [2.75, 3.05) is 19.6 Å². The Balaban J connectivity index is 0.00000132. The number of rotatable bonds is 2. The van der Waals surface area contributed by atoms with Gasteiger partial charge in [-0.25, -0.2) is 0 Å². The van der Waals surface area contributed by atoms with E-state index in [1.807, 2.05) is 11.3 Å². The second-order valence-electron chi connectivity index (χ2n) is 6.25. The van der Waals surface area contributed by atoms with Crippen LogP contribution >= 0.6 is 28.3 Å². The number of piperidine rings is 1. The molecule has 0 amide bonds. The molecular formula is C17H21BrN2S. The van der Waals surface area contributed by atoms with Gasteiger partial charge in [0.15, 0.2) is 0 Å². The number of pyridine rings is 1. The maximum Gasteiger partial charge on any atom is 0.0801 e. The molecule has 0 saturated carbocycles. The second-order valence-corrected chi connectivity index (χ2v) is 7.54. The first-order valence-electron chi connectivity index (χ1n) is 7.51. The molecule has 0 spiro atoms. The van der Waals surface area contributed by atoms with Crippen molar-refractivity contribution in [2.24, 2.45) is 0 Å². The molecule has 2 aliphatic heterocycles. The molecule has 2 atom stereocenters. The Morgan fingerprint density at radius 2 is 2.05 bits per heavy atom. The zero-order valence-electron chi connectivity index (χ0n) is 12.3. The summed E-state index contributed by atoms with van der Waals surface area (Å²) in [4.78, 5) is 9.98. The summed E-state index contributed by atoms with van der Waals surface area (Å²) < 4.78 is 0. The van der Waals surface area contributed by atoms with Crippen LogP contribution in [0.25, 0.3) is 10.6 Å². The van der Waals surface area contributed by atoms with Crippen LogP contribution in [0.2, 0.25) is 0 Å². The van der Waals surface area contributed by atoms with Gasteiger partial charge in [0, 0.05) is 23.0 Å². The molecule has 2 nitrogen and oxygen atoms in total. The van der Waals surface area contributed by atoms with E-state index in [1.165, 1.54) is 54.2 Å². The molecule has 2 saturated heterocycles. The van der Waals surface area contributed by atoms with Crippen LogP contribution in [0.3, 0.4) is 0 Å². The highest BCUT2D eigenvalue weighted by Crippen LogP contribution is 2.42. The molecule has 0 aromatic carbocycles. The first-order chi connectivity index (χ1) is 9.75. The molecule has 0 N–H and O–H groups in total. The van der Waals surface area contributed by atoms with Gasteiger partial charge in [0.2, 0.25) is 0 Å². The molecule has 2 unspecified atom stereocenters. The van der Waals surface area contributed by atoms with Gasteiger partial charge >= 0.3 is 0 Å². The number of fused-ring (bicyclic) bond motifs is 2. The van der Waals surface area contributed by atoms with Crippen LogP contribution in [0.1, 0.15) is 29.7 Å². The van der Waals surface area contributed by atoms with E-state index in [2.05, 4.69) is 42.3 Å². The minimum atomic E-state index is 0. The lowest BCUT2D eigenvalue weighted by Crippen LogP contribution is -2.36. The van der Waals surface area contributed by atoms with E-state index >= 15 is 0 Å². The molecule has 21 heavy (non-hydrogen) atoms. The van der Waals surface area contributed by atoms with E-state index in [0.29, 0.717) is 5.41 Å². The third kappa shape index (κ3) is 2.69. The fourth-order valence-corrected chi connectivity index (χ4v) is 4.64. The van der Waals surface area contributed by atoms with E-state index in [-0.39, 0.29) is 17.0 Å². The number of thiophene rings is 1. The first kappa shape index (κ1) is 15.2. The van der Waals surface area contributed by atoms with E-state index in [4.69, 9.17) is 4.98 Å². The number of hydrogen-bond donors (Lipinski definition) is 0. The molecule has 112 valence electrons. The molecule has 4 rings (SSSR count). The molecule has 2 aromatic rings. The van der Waals surface area contributed by atoms with Gasteiger partial charge in [0.05, 0.1) is 10.6 Å². The standard InChI is InChI=1S/C17H20N2S.BrH/c1-13-3-6-16(20-13)15-5-4-14(11-18-15)17-7-2-9-19(12-17)10-8-17;/h3-6,11H,2,7-10,12H2,1H3;1H. The summed E-state index contributed by atoms with van der Waals surface area (Å²) in [7, 11) is 0. The zero-order valence-corrected chi connectivity index (χ0v) is 14.9. The molecule has 2 aromatic heterocycles. The van der Waals surface area contributed by atoms with Crippen LogP contribution in [-0.2, 0) is 5.41 Å². The summed E-state index contributed by atoms with van der Waals surface area (Å²) in [6.07, 6.45) is 6.12. The summed E-state index contributed by atoms with van der Waals surface area (Å²) in [6.45, 7) is 5.95. The second kappa shape index (κ2) is 5.82. The highest BCUT2D eigenvalue weighted by atomic mass is 79.9. The highest BCUT2D eigenvalue weighted by Gasteiger charge is 2.42. The summed E-state index contributed by atoms with van der Waals surface area (Å²) in [5.74, 6) is 0. The monoisotopic (exact) mass is 364 g/mol. The maximum absolute atomic E-state index is 4.74. The Morgan fingerprint density at radius 1 is 1.14 bits per heavy atom. The Kier molecular flexibility index (Phi) is 4.21. The molecular weight excluding hydrogens is 344 g/mol. The predicted molar refractivity (Wildman–Crippen MR) is 94.6 cm³/mol. The Hall–Kier alpha value is -0.710. The average molecular weight is 365 g/mol. The van der Waals surface area contributed by atoms with Gasteiger partial charge in [-0.1, -0.05) is 6.07 Å². The van der Waals surface area contributed by atoms with Crippen LogP contribution in [-0.4, -0.2) is 29.5 Å². The third-order valence-electron chi connectivity index (χ3n) is 4.93. The summed E-state index contributed by atoms with van der Waals surface area (Å²) in [5, 5.41) is 0. The van der Waals surface area contributed by atoms with Crippen molar-refractivity contribution < 1.29 is 0 Å². The van der Waals surface area contributed by atoms with Gasteiger partial charge in [0.1, 0.15) is 0 Å². The highest BCUT2D eigenvalue weighted by molar-refractivity contribution is 8.93. The Labute approximate surface area is 141 Å². The van der Waals surface area contributed by atoms with Crippen molar-refractivity contribution in [3.05, 3.63) is 40.9 Å². The summed E-state index contributed by atoms with van der Waals surface area (Å²) >= 11 is 1.82. The average Bonchev–Trinajstić information content (AvgIpc) is 3.04. The smallest absolute Gasteiger partial charge is 0.0801 e. The third-order valence-corrected chi connectivity index (χ3v) is 5.95. The van der Waals surface area contributed by atoms with Gasteiger partial charge in [-0.15, -0.1) is 28.3 Å². The number of nitrogens with zero attached hydrogens (tertiary/aromatic N) is 2. The van der Waals surface area contributed by atoms with Crippen LogP contribution in [0.5, 0.6) is 0 Å². The zero-order chi connectivity index (χ0) is 13.6. The van der Waals surface area contributed by atoms with Crippen molar-refractivity contribution in [3.63, 3.8) is 0 Å². The SMILES string of the molecule is Br.Cc1ccc(-c2ccc(C34CCCN(CC3)C4)cn2)s1. The number of aromatic nitrogens is 1. The summed E-state index contributed by atoms with van der Waals surface area (Å²) in [5.41, 5.74) is 2.97. The van der Waals surface area contributed by atoms with E-state index < -0.39 is 0 Å². The van der Waals surface area contributed by atoms with Crippen molar-refractivity contribution in [3.8, 4) is 10.6 Å². The Morgan fingerprint density at radius 3 is 2.76 bits per heavy atom. The molecule has 4 heterocycles. The Bertz CT molecular complexity index is 618. The molecule has 4 heteroatoms. The van der Waals surface area contributed by atoms with E-state index in [0.717, 1.165) is 5.69 Å². The van der Waals surface area contributed by atoms with Crippen LogP contribution in [0.4, 0.5) is 0 Å². The normalized spacial score (nSPS) is 27.4. The fraction of sp³-hybridized carbons (Fsp3) is 0.471. The van der Waals surface area contributed by atoms with Crippen molar-refractivity contribution in [1.29, 1.82) is 0 Å². The van der Waals surface area contributed by atoms with Gasteiger partial charge in [-0.05, 0) is 63.0 Å². The van der Waals surface area contributed by atoms with Crippen molar-refractivity contribution in [1.82, 2.24) is 9.88 Å². The van der Waals surface area contributed by atoms with Crippen LogP contribution < -0.4 is 0 Å². The quantitative estimate of drug-likeness (QED) is 0.783. The maximum atomic E-state index is 4.74. The van der Waals surface area contributed by atoms with E-state index in [9.17, 15) is 0 Å². The molecule has 0 radical (unpaired) electrons. The molecule has 2 fully saturated rings. The minimum absolute atomic E-state index is 0. The number of halogens is 1. The molecule has 2 aliphatic rings. The molecule has 2 bridgehead atoms. The summed E-state index contributed by atoms with van der Waals surface area (Å²) in [6, 6.07) is 8.89. The lowest BCUT2D eigenvalue weighted by atomic mass is 9.75. The lowest BCUT2D eigenvalue weighted by Gasteiger charge is -2.34. The van der Waals surface area contributed by atoms with Gasteiger partial charge in [0.25, 0.3) is 0 Å². The van der Waals surface area contributed by atoms with Gasteiger partial charge in [-0.2, -0.15) is 0 Å². The lowest BCUT2D eigenvalue weighted by molar-refractivity contribution is 0.243. The van der Waals surface area contributed by atoms with Crippen LogP contribution in [0.15, 0.2) is 30.5 Å². The largest absolute Gasteiger partial charge is 0.302 e. The van der Waals surface area contributed by atoms with Gasteiger partial charge in [-0.3, -0.25) is 4.98 Å². The number of aryl methyl sites for hydroxylation is 1. The predicted octanol–water partition coefficient (Wildman–Crippen LogP) is 4.43. The fourth-order valence-electron chi connectivity index (χ4n) is 3.80. The van der Waals surface area contributed by atoms with Crippen LogP contribution in [0, 0.1) is 6.92 Å². The molecule has 0 aliphatic carbocycles.